The van der Waals surface area contributed by atoms with Gasteiger partial charge in [0.25, 0.3) is 0 Å². The van der Waals surface area contributed by atoms with E-state index in [1.165, 1.54) is 0 Å². The predicted octanol–water partition coefficient (Wildman–Crippen LogP) is 2.80. The highest BCUT2D eigenvalue weighted by atomic mass is 15.4. The topological polar surface area (TPSA) is 88.2 Å². The quantitative estimate of drug-likeness (QED) is 0.499. The summed E-state index contributed by atoms with van der Waals surface area (Å²) in [6, 6.07) is 10.1. The molecule has 31 heavy (non-hydrogen) atoms. The molecule has 0 atom stereocenters. The summed E-state index contributed by atoms with van der Waals surface area (Å²) in [6.45, 7) is 7.64. The average molecular weight is 418 g/mol. The molecule has 9 heteroatoms. The van der Waals surface area contributed by atoms with E-state index in [-0.39, 0.29) is 0 Å². The van der Waals surface area contributed by atoms with E-state index in [0.29, 0.717) is 18.4 Å². The number of aromatic nitrogens is 6. The van der Waals surface area contributed by atoms with Crippen LogP contribution in [0.1, 0.15) is 37.3 Å². The Bertz CT molecular complexity index is 1160. The van der Waals surface area contributed by atoms with E-state index >= 15 is 0 Å². The summed E-state index contributed by atoms with van der Waals surface area (Å²) in [6.07, 6.45) is 6.71. The molecule has 1 fully saturated rings. The van der Waals surface area contributed by atoms with Crippen LogP contribution in [0.25, 0.3) is 11.3 Å². The van der Waals surface area contributed by atoms with E-state index in [2.05, 4.69) is 51.7 Å². The minimum absolute atomic E-state index is 0.327. The number of fused-ring (bicyclic) bond motifs is 1. The molecule has 3 aromatic heterocycles. The van der Waals surface area contributed by atoms with Gasteiger partial charge in [0.05, 0.1) is 18.6 Å². The van der Waals surface area contributed by atoms with Gasteiger partial charge in [-0.1, -0.05) is 32.0 Å². The van der Waals surface area contributed by atoms with E-state index in [0.717, 1.165) is 54.6 Å². The maximum absolute atomic E-state index is 4.88. The summed E-state index contributed by atoms with van der Waals surface area (Å²) in [5.41, 5.74) is 4.13. The third-order valence-electron chi connectivity index (χ3n) is 5.55. The second-order valence-electron chi connectivity index (χ2n) is 8.05. The second kappa shape index (κ2) is 8.35. The van der Waals surface area contributed by atoms with Crippen LogP contribution in [0.5, 0.6) is 0 Å². The highest BCUT2D eigenvalue weighted by Crippen LogP contribution is 2.24. The minimum Gasteiger partial charge on any atom is -0.350 e. The Hall–Kier alpha value is -3.46. The van der Waals surface area contributed by atoms with Crippen LogP contribution in [-0.2, 0) is 6.54 Å². The van der Waals surface area contributed by atoms with Crippen LogP contribution < -0.4 is 15.5 Å². The summed E-state index contributed by atoms with van der Waals surface area (Å²) >= 11 is 0. The van der Waals surface area contributed by atoms with Gasteiger partial charge in [-0.15, -0.1) is 0 Å². The Balaban J connectivity index is 1.51. The summed E-state index contributed by atoms with van der Waals surface area (Å²) in [7, 11) is 0. The number of nitrogens with zero attached hydrogens (tertiary/aromatic N) is 7. The number of nitrogens with one attached hydrogen (secondary N) is 2. The van der Waals surface area contributed by atoms with Gasteiger partial charge in [0, 0.05) is 31.0 Å². The zero-order chi connectivity index (χ0) is 21.2. The molecule has 1 saturated heterocycles. The largest absolute Gasteiger partial charge is 0.350 e. The van der Waals surface area contributed by atoms with Gasteiger partial charge in [-0.3, -0.25) is 5.32 Å². The van der Waals surface area contributed by atoms with Crippen molar-refractivity contribution in [3.05, 3.63) is 60.0 Å². The fraction of sp³-hybridized carbons (Fsp3) is 0.364. The van der Waals surface area contributed by atoms with Crippen molar-refractivity contribution in [1.29, 1.82) is 0 Å². The highest BCUT2D eigenvalue weighted by Gasteiger charge is 2.20. The van der Waals surface area contributed by atoms with Crippen molar-refractivity contribution in [3.63, 3.8) is 0 Å². The third kappa shape index (κ3) is 3.84. The molecule has 0 spiro atoms. The zero-order valence-corrected chi connectivity index (χ0v) is 17.9. The molecule has 0 aliphatic carbocycles. The normalized spacial score (nSPS) is 14.5. The fourth-order valence-electron chi connectivity index (χ4n) is 3.87. The molecule has 0 amide bonds. The lowest BCUT2D eigenvalue weighted by Crippen LogP contribution is -2.42. The lowest BCUT2D eigenvalue weighted by atomic mass is 10.1. The molecule has 4 aromatic rings. The minimum atomic E-state index is 0.327. The summed E-state index contributed by atoms with van der Waals surface area (Å²) in [5, 5.41) is 15.9. The van der Waals surface area contributed by atoms with E-state index in [1.54, 1.807) is 6.20 Å². The first-order chi connectivity index (χ1) is 15.2. The zero-order valence-electron chi connectivity index (χ0n) is 17.9. The van der Waals surface area contributed by atoms with Crippen LogP contribution in [0, 0.1) is 0 Å². The van der Waals surface area contributed by atoms with Crippen molar-refractivity contribution in [2.75, 3.05) is 30.0 Å². The van der Waals surface area contributed by atoms with Crippen molar-refractivity contribution >= 4 is 17.5 Å². The molecule has 160 valence electrons. The first-order valence-electron chi connectivity index (χ1n) is 10.7. The standard InChI is InChI=1S/C22H27N9/c1-16(2)18-14-26-31-20(18)27-22(29-11-5-9-23-15-29)28-21(31)24-13-17-7-3-4-8-19(17)30-12-6-10-25-30/h3-4,6-8,10,12,14,16,23H,5,9,11,13,15H2,1-2H3,(H,24,27,28). The molecule has 0 saturated carbocycles. The number of anilines is 2. The van der Waals surface area contributed by atoms with Crippen molar-refractivity contribution in [1.82, 2.24) is 34.7 Å². The van der Waals surface area contributed by atoms with Gasteiger partial charge in [0.1, 0.15) is 0 Å². The molecule has 2 N–H and O–H groups in total. The van der Waals surface area contributed by atoms with E-state index in [4.69, 9.17) is 9.97 Å². The molecule has 0 bridgehead atoms. The Morgan fingerprint density at radius 2 is 2.03 bits per heavy atom. The van der Waals surface area contributed by atoms with E-state index < -0.39 is 0 Å². The van der Waals surface area contributed by atoms with Gasteiger partial charge in [-0.25, -0.2) is 4.68 Å². The van der Waals surface area contributed by atoms with Crippen LogP contribution in [0.3, 0.4) is 0 Å². The number of benzene rings is 1. The third-order valence-corrected chi connectivity index (χ3v) is 5.55. The average Bonchev–Trinajstić information content (AvgIpc) is 3.48. The summed E-state index contributed by atoms with van der Waals surface area (Å²) in [4.78, 5) is 11.9. The van der Waals surface area contributed by atoms with Gasteiger partial charge in [0.15, 0.2) is 5.65 Å². The molecule has 9 nitrogen and oxygen atoms in total. The van der Waals surface area contributed by atoms with Crippen LogP contribution in [-0.4, -0.2) is 49.1 Å². The molecule has 0 unspecified atom stereocenters. The van der Waals surface area contributed by atoms with Crippen LogP contribution >= 0.6 is 0 Å². The van der Waals surface area contributed by atoms with Crippen molar-refractivity contribution in [2.45, 2.75) is 32.7 Å². The van der Waals surface area contributed by atoms with Gasteiger partial charge >= 0.3 is 0 Å². The molecule has 1 aliphatic heterocycles. The van der Waals surface area contributed by atoms with Crippen molar-refractivity contribution in [3.8, 4) is 5.69 Å². The van der Waals surface area contributed by atoms with Gasteiger partial charge < -0.3 is 10.2 Å². The van der Waals surface area contributed by atoms with Gasteiger partial charge in [-0.05, 0) is 36.6 Å². The SMILES string of the molecule is CC(C)c1cnn2c(NCc3ccccc3-n3cccn3)nc(N3CCCNC3)nc12. The Labute approximate surface area is 181 Å². The number of para-hydroxylation sites is 1. The smallest absolute Gasteiger partial charge is 0.231 e. The Morgan fingerprint density at radius 1 is 1.13 bits per heavy atom. The van der Waals surface area contributed by atoms with Gasteiger partial charge in [0.2, 0.25) is 11.9 Å². The van der Waals surface area contributed by atoms with Crippen molar-refractivity contribution in [2.24, 2.45) is 0 Å². The fourth-order valence-corrected chi connectivity index (χ4v) is 3.87. The predicted molar refractivity (Wildman–Crippen MR) is 121 cm³/mol. The monoisotopic (exact) mass is 417 g/mol. The molecule has 1 aliphatic rings. The highest BCUT2D eigenvalue weighted by molar-refractivity contribution is 5.56. The first kappa shape index (κ1) is 19.5. The van der Waals surface area contributed by atoms with Crippen LogP contribution in [0.4, 0.5) is 11.9 Å². The van der Waals surface area contributed by atoms with Gasteiger partial charge in [-0.2, -0.15) is 24.7 Å². The Morgan fingerprint density at radius 3 is 2.81 bits per heavy atom. The molecule has 0 radical (unpaired) electrons. The second-order valence-corrected chi connectivity index (χ2v) is 8.05. The summed E-state index contributed by atoms with van der Waals surface area (Å²) < 4.78 is 3.69. The number of hydrogen-bond acceptors (Lipinski definition) is 7. The number of rotatable bonds is 6. The molecule has 4 heterocycles. The van der Waals surface area contributed by atoms with E-state index in [9.17, 15) is 0 Å². The first-order valence-corrected chi connectivity index (χ1v) is 10.7. The molecular formula is C22H27N9. The molecule has 5 rings (SSSR count). The molecular weight excluding hydrogens is 390 g/mol. The number of hydrogen-bond donors (Lipinski definition) is 2. The maximum atomic E-state index is 4.88. The maximum Gasteiger partial charge on any atom is 0.231 e. The summed E-state index contributed by atoms with van der Waals surface area (Å²) in [5.74, 6) is 1.74. The lowest BCUT2D eigenvalue weighted by Gasteiger charge is -2.27. The Kier molecular flexibility index (Phi) is 5.25. The van der Waals surface area contributed by atoms with E-state index in [1.807, 2.05) is 39.8 Å². The van der Waals surface area contributed by atoms with Crippen LogP contribution in [0.15, 0.2) is 48.9 Å². The molecule has 1 aromatic carbocycles. The van der Waals surface area contributed by atoms with Crippen molar-refractivity contribution < 1.29 is 0 Å². The van der Waals surface area contributed by atoms with Crippen LogP contribution in [0.2, 0.25) is 0 Å². The lowest BCUT2D eigenvalue weighted by molar-refractivity contribution is 0.543.